The van der Waals surface area contributed by atoms with E-state index in [-0.39, 0.29) is 5.91 Å². The van der Waals surface area contributed by atoms with Crippen LogP contribution in [0, 0.1) is 0 Å². The number of nitrogens with zero attached hydrogens (tertiary/aromatic N) is 1. The van der Waals surface area contributed by atoms with E-state index in [0.29, 0.717) is 5.75 Å². The number of ether oxygens (including phenoxy) is 1. The van der Waals surface area contributed by atoms with Crippen LogP contribution >= 0.6 is 0 Å². The predicted octanol–water partition coefficient (Wildman–Crippen LogP) is 1.39. The van der Waals surface area contributed by atoms with E-state index in [9.17, 15) is 9.59 Å². The maximum Gasteiger partial charge on any atom is 0.326 e. The summed E-state index contributed by atoms with van der Waals surface area (Å²) in [6.45, 7) is 3.05. The molecule has 1 rings (SSSR count). The Morgan fingerprint density at radius 3 is 2.28 bits per heavy atom. The highest BCUT2D eigenvalue weighted by Gasteiger charge is 2.26. The Hall–Kier alpha value is -2.04. The summed E-state index contributed by atoms with van der Waals surface area (Å²) in [5.74, 6) is -0.832. The molecule has 2 atom stereocenters. The highest BCUT2D eigenvalue weighted by Crippen LogP contribution is 2.12. The van der Waals surface area contributed by atoms with Gasteiger partial charge in [0.1, 0.15) is 11.8 Å². The van der Waals surface area contributed by atoms with Crippen molar-refractivity contribution in [3.05, 3.63) is 30.3 Å². The van der Waals surface area contributed by atoms with Crippen LogP contribution in [0.4, 0.5) is 0 Å². The number of hydrogen-bond acceptors (Lipinski definition) is 3. The predicted molar refractivity (Wildman–Crippen MR) is 66.4 cm³/mol. The van der Waals surface area contributed by atoms with Crippen molar-refractivity contribution in [2.75, 3.05) is 7.05 Å². The van der Waals surface area contributed by atoms with Crippen LogP contribution in [0.25, 0.3) is 0 Å². The highest BCUT2D eigenvalue weighted by atomic mass is 16.5. The number of rotatable bonds is 5. The van der Waals surface area contributed by atoms with Gasteiger partial charge in [0.15, 0.2) is 6.10 Å². The minimum absolute atomic E-state index is 0.367. The van der Waals surface area contributed by atoms with Gasteiger partial charge in [-0.3, -0.25) is 4.79 Å². The largest absolute Gasteiger partial charge is 0.481 e. The summed E-state index contributed by atoms with van der Waals surface area (Å²) in [5.41, 5.74) is 0. The first-order valence-corrected chi connectivity index (χ1v) is 5.64. The molecule has 1 amide bonds. The maximum absolute atomic E-state index is 11.9. The molecular weight excluding hydrogens is 234 g/mol. The number of carbonyl (C=O) groups is 2. The van der Waals surface area contributed by atoms with Crippen molar-refractivity contribution in [3.63, 3.8) is 0 Å². The number of amides is 1. The molecule has 98 valence electrons. The first kappa shape index (κ1) is 14.0. The quantitative estimate of drug-likeness (QED) is 0.858. The van der Waals surface area contributed by atoms with Crippen molar-refractivity contribution in [3.8, 4) is 5.75 Å². The van der Waals surface area contributed by atoms with E-state index in [0.717, 1.165) is 4.90 Å². The molecule has 0 aromatic heterocycles. The van der Waals surface area contributed by atoms with E-state index in [1.807, 2.05) is 6.07 Å². The number of para-hydroxylation sites is 1. The summed E-state index contributed by atoms with van der Waals surface area (Å²) in [6.07, 6.45) is -0.723. The molecule has 5 nitrogen and oxygen atoms in total. The Morgan fingerprint density at radius 2 is 1.78 bits per heavy atom. The van der Waals surface area contributed by atoms with E-state index in [4.69, 9.17) is 9.84 Å². The van der Waals surface area contributed by atoms with Crippen molar-refractivity contribution < 1.29 is 19.4 Å². The standard InChI is InChI=1S/C13H17NO4/c1-9(13(16)17)14(3)12(15)10(2)18-11-7-5-4-6-8-11/h4-10H,1-3H3,(H,16,17). The van der Waals surface area contributed by atoms with Gasteiger partial charge in [-0.2, -0.15) is 0 Å². The van der Waals surface area contributed by atoms with Gasteiger partial charge < -0.3 is 14.7 Å². The Balaban J connectivity index is 2.64. The molecule has 0 fully saturated rings. The van der Waals surface area contributed by atoms with Crippen molar-refractivity contribution in [1.29, 1.82) is 0 Å². The molecule has 0 bridgehead atoms. The minimum Gasteiger partial charge on any atom is -0.481 e. The Bertz CT molecular complexity index is 418. The number of hydrogen-bond donors (Lipinski definition) is 1. The maximum atomic E-state index is 11.9. The fraction of sp³-hybridized carbons (Fsp3) is 0.385. The fourth-order valence-corrected chi connectivity index (χ4v) is 1.40. The summed E-state index contributed by atoms with van der Waals surface area (Å²) < 4.78 is 5.44. The molecule has 0 radical (unpaired) electrons. The van der Waals surface area contributed by atoms with Gasteiger partial charge in [0.2, 0.25) is 0 Å². The third-order valence-corrected chi connectivity index (χ3v) is 2.69. The molecule has 0 saturated heterocycles. The minimum atomic E-state index is -1.04. The Labute approximate surface area is 106 Å². The van der Waals surface area contributed by atoms with Crippen LogP contribution in [0.15, 0.2) is 30.3 Å². The van der Waals surface area contributed by atoms with Crippen LogP contribution in [0.1, 0.15) is 13.8 Å². The van der Waals surface area contributed by atoms with Crippen LogP contribution in [-0.2, 0) is 9.59 Å². The first-order chi connectivity index (χ1) is 8.43. The fourth-order valence-electron chi connectivity index (χ4n) is 1.40. The zero-order valence-electron chi connectivity index (χ0n) is 10.7. The number of carbonyl (C=O) groups excluding carboxylic acids is 1. The number of likely N-dealkylation sites (N-methyl/N-ethyl adjacent to an activating group) is 1. The summed E-state index contributed by atoms with van der Waals surface area (Å²) in [4.78, 5) is 23.9. The van der Waals surface area contributed by atoms with Crippen LogP contribution in [0.3, 0.4) is 0 Å². The van der Waals surface area contributed by atoms with Crippen molar-refractivity contribution in [2.24, 2.45) is 0 Å². The normalized spacial score (nSPS) is 13.5. The molecule has 0 saturated carbocycles. The Morgan fingerprint density at radius 1 is 1.22 bits per heavy atom. The van der Waals surface area contributed by atoms with Crippen LogP contribution < -0.4 is 4.74 Å². The van der Waals surface area contributed by atoms with Gasteiger partial charge in [-0.15, -0.1) is 0 Å². The van der Waals surface area contributed by atoms with Crippen LogP contribution in [0.2, 0.25) is 0 Å². The number of aliphatic carboxylic acids is 1. The molecule has 1 aromatic carbocycles. The van der Waals surface area contributed by atoms with E-state index < -0.39 is 18.1 Å². The van der Waals surface area contributed by atoms with Crippen molar-refractivity contribution in [2.45, 2.75) is 26.0 Å². The number of carboxylic acids is 1. The third-order valence-electron chi connectivity index (χ3n) is 2.69. The summed E-state index contributed by atoms with van der Waals surface area (Å²) >= 11 is 0. The van der Waals surface area contributed by atoms with Crippen LogP contribution in [-0.4, -0.2) is 41.1 Å². The van der Waals surface area contributed by atoms with E-state index >= 15 is 0 Å². The van der Waals surface area contributed by atoms with E-state index in [1.54, 1.807) is 31.2 Å². The Kier molecular flexibility index (Phi) is 4.71. The number of benzene rings is 1. The van der Waals surface area contributed by atoms with Gasteiger partial charge in [0, 0.05) is 7.05 Å². The smallest absolute Gasteiger partial charge is 0.326 e. The van der Waals surface area contributed by atoms with Gasteiger partial charge >= 0.3 is 5.97 Å². The van der Waals surface area contributed by atoms with Gasteiger partial charge in [-0.05, 0) is 26.0 Å². The second-order valence-corrected chi connectivity index (χ2v) is 4.04. The highest BCUT2D eigenvalue weighted by molar-refractivity contribution is 5.85. The first-order valence-electron chi connectivity index (χ1n) is 5.64. The van der Waals surface area contributed by atoms with Gasteiger partial charge in [0.05, 0.1) is 0 Å². The average molecular weight is 251 g/mol. The van der Waals surface area contributed by atoms with E-state index in [1.165, 1.54) is 14.0 Å². The summed E-state index contributed by atoms with van der Waals surface area (Å²) in [6, 6.07) is 8.05. The second kappa shape index (κ2) is 6.05. The SMILES string of the molecule is CC(Oc1ccccc1)C(=O)N(C)C(C)C(=O)O. The lowest BCUT2D eigenvalue weighted by Gasteiger charge is -2.25. The molecule has 0 aliphatic carbocycles. The zero-order valence-corrected chi connectivity index (χ0v) is 10.7. The lowest BCUT2D eigenvalue weighted by Crippen LogP contribution is -2.46. The topological polar surface area (TPSA) is 66.8 Å². The lowest BCUT2D eigenvalue weighted by atomic mass is 10.2. The molecule has 5 heteroatoms. The van der Waals surface area contributed by atoms with Gasteiger partial charge in [-0.25, -0.2) is 4.79 Å². The molecule has 0 heterocycles. The summed E-state index contributed by atoms with van der Waals surface area (Å²) in [5, 5.41) is 8.84. The van der Waals surface area contributed by atoms with Gasteiger partial charge in [0.25, 0.3) is 5.91 Å². The molecule has 1 aromatic rings. The third kappa shape index (κ3) is 3.48. The summed E-state index contributed by atoms with van der Waals surface area (Å²) in [7, 11) is 1.45. The monoisotopic (exact) mass is 251 g/mol. The second-order valence-electron chi connectivity index (χ2n) is 4.04. The van der Waals surface area contributed by atoms with E-state index in [2.05, 4.69) is 0 Å². The molecule has 1 N–H and O–H groups in total. The molecule has 0 aliphatic heterocycles. The zero-order chi connectivity index (χ0) is 13.7. The molecular formula is C13H17NO4. The molecule has 18 heavy (non-hydrogen) atoms. The van der Waals surface area contributed by atoms with Crippen LogP contribution in [0.5, 0.6) is 5.75 Å². The number of carboxylic acid groups (broad SMARTS) is 1. The molecule has 0 spiro atoms. The van der Waals surface area contributed by atoms with Crippen molar-refractivity contribution >= 4 is 11.9 Å². The average Bonchev–Trinajstić information content (AvgIpc) is 2.37. The lowest BCUT2D eigenvalue weighted by molar-refractivity contribution is -0.150. The van der Waals surface area contributed by atoms with Gasteiger partial charge in [-0.1, -0.05) is 18.2 Å². The van der Waals surface area contributed by atoms with Crippen molar-refractivity contribution in [1.82, 2.24) is 4.90 Å². The molecule has 0 aliphatic rings. The molecule has 2 unspecified atom stereocenters.